The number of rotatable bonds is 7. The number of hydrogen-bond acceptors (Lipinski definition) is 5. The van der Waals surface area contributed by atoms with Crippen molar-refractivity contribution in [2.24, 2.45) is 0 Å². The molecule has 23 heavy (non-hydrogen) atoms. The number of carbonyl (C=O) groups is 3. The van der Waals surface area contributed by atoms with E-state index in [1.807, 2.05) is 0 Å². The number of carbonyl (C=O) groups excluding carboxylic acids is 3. The third-order valence-corrected chi connectivity index (χ3v) is 3.58. The maximum Gasteiger partial charge on any atom is 0.355 e. The van der Waals surface area contributed by atoms with Crippen molar-refractivity contribution in [2.75, 3.05) is 13.7 Å². The predicted molar refractivity (Wildman–Crippen MR) is 84.6 cm³/mol. The Labute approximate surface area is 133 Å². The Morgan fingerprint density at radius 3 is 2.74 bits per heavy atom. The fourth-order valence-corrected chi connectivity index (χ4v) is 2.49. The zero-order valence-corrected chi connectivity index (χ0v) is 13.2. The molecule has 0 amide bonds. The van der Waals surface area contributed by atoms with E-state index in [0.717, 1.165) is 22.8 Å². The molecule has 2 aromatic rings. The number of aromatic amines is 1. The van der Waals surface area contributed by atoms with Crippen molar-refractivity contribution in [1.29, 1.82) is 0 Å². The Kier molecular flexibility index (Phi) is 5.51. The van der Waals surface area contributed by atoms with Crippen LogP contribution in [0.15, 0.2) is 18.2 Å². The topological polar surface area (TPSA) is 85.5 Å². The highest BCUT2D eigenvalue weighted by atomic mass is 16.5. The van der Waals surface area contributed by atoms with Crippen molar-refractivity contribution in [2.45, 2.75) is 26.2 Å². The van der Waals surface area contributed by atoms with Gasteiger partial charge in [-0.3, -0.25) is 9.59 Å². The van der Waals surface area contributed by atoms with Crippen LogP contribution in [-0.4, -0.2) is 36.9 Å². The Balaban J connectivity index is 2.38. The van der Waals surface area contributed by atoms with E-state index in [-0.39, 0.29) is 19.0 Å². The molecule has 1 heterocycles. The lowest BCUT2D eigenvalue weighted by Gasteiger charge is -2.05. The highest BCUT2D eigenvalue weighted by Gasteiger charge is 2.19. The molecule has 0 fully saturated rings. The number of benzene rings is 1. The quantitative estimate of drug-likeness (QED) is 0.627. The molecule has 0 spiro atoms. The minimum absolute atomic E-state index is 0.263. The number of methoxy groups -OCH3 is 1. The first-order chi connectivity index (χ1) is 11.1. The molecule has 0 aliphatic heterocycles. The fraction of sp³-hybridized carbons (Fsp3) is 0.353. The van der Waals surface area contributed by atoms with Crippen LogP contribution in [0.25, 0.3) is 10.9 Å². The average molecular weight is 317 g/mol. The maximum atomic E-state index is 12.1. The Morgan fingerprint density at radius 2 is 2.09 bits per heavy atom. The highest BCUT2D eigenvalue weighted by molar-refractivity contribution is 5.99. The number of H-pyrrole nitrogens is 1. The molecule has 1 aromatic carbocycles. The first-order valence-electron chi connectivity index (χ1n) is 7.44. The molecule has 6 heteroatoms. The number of esters is 2. The van der Waals surface area contributed by atoms with Gasteiger partial charge in [-0.05, 0) is 43.5 Å². The standard InChI is InChI=1S/C17H19NO5/c1-3-23-17(21)16-12(5-4-6-15(20)22-2)13-9-11(10-19)7-8-14(13)18-16/h7-10,18H,3-6H2,1-2H3. The van der Waals surface area contributed by atoms with E-state index in [4.69, 9.17) is 4.74 Å². The molecule has 0 radical (unpaired) electrons. The van der Waals surface area contributed by atoms with Gasteiger partial charge in [0.25, 0.3) is 0 Å². The van der Waals surface area contributed by atoms with E-state index in [1.165, 1.54) is 7.11 Å². The van der Waals surface area contributed by atoms with Gasteiger partial charge in [-0.1, -0.05) is 0 Å². The largest absolute Gasteiger partial charge is 0.469 e. The summed E-state index contributed by atoms with van der Waals surface area (Å²) in [5.74, 6) is -0.736. The lowest BCUT2D eigenvalue weighted by molar-refractivity contribution is -0.140. The van der Waals surface area contributed by atoms with Gasteiger partial charge in [0.05, 0.1) is 13.7 Å². The van der Waals surface area contributed by atoms with Crippen LogP contribution >= 0.6 is 0 Å². The van der Waals surface area contributed by atoms with Crippen molar-refractivity contribution < 1.29 is 23.9 Å². The summed E-state index contributed by atoms with van der Waals surface area (Å²) in [6.45, 7) is 2.01. The van der Waals surface area contributed by atoms with Crippen LogP contribution in [0.4, 0.5) is 0 Å². The molecule has 0 aliphatic rings. The molecule has 1 N–H and O–H groups in total. The van der Waals surface area contributed by atoms with Crippen LogP contribution in [0.2, 0.25) is 0 Å². The van der Waals surface area contributed by atoms with Gasteiger partial charge in [0, 0.05) is 22.9 Å². The molecule has 0 unspecified atom stereocenters. The Hall–Kier alpha value is -2.63. The van der Waals surface area contributed by atoms with Gasteiger partial charge in [0.15, 0.2) is 0 Å². The Bertz CT molecular complexity index is 732. The number of aldehydes is 1. The zero-order valence-electron chi connectivity index (χ0n) is 13.2. The SMILES string of the molecule is CCOC(=O)c1[nH]c2ccc(C=O)cc2c1CCCC(=O)OC. The molecule has 0 saturated heterocycles. The number of hydrogen-bond donors (Lipinski definition) is 1. The molecular formula is C17H19NO5. The maximum absolute atomic E-state index is 12.1. The normalized spacial score (nSPS) is 10.5. The summed E-state index contributed by atoms with van der Waals surface area (Å²) in [6.07, 6.45) is 2.07. The fourth-order valence-electron chi connectivity index (χ4n) is 2.49. The van der Waals surface area contributed by atoms with Gasteiger partial charge in [0.2, 0.25) is 0 Å². The van der Waals surface area contributed by atoms with Crippen molar-refractivity contribution >= 4 is 29.1 Å². The second kappa shape index (κ2) is 7.58. The van der Waals surface area contributed by atoms with Crippen LogP contribution < -0.4 is 0 Å². The van der Waals surface area contributed by atoms with Crippen molar-refractivity contribution in [3.63, 3.8) is 0 Å². The van der Waals surface area contributed by atoms with Crippen LogP contribution in [0.3, 0.4) is 0 Å². The second-order valence-corrected chi connectivity index (χ2v) is 5.05. The van der Waals surface area contributed by atoms with Gasteiger partial charge in [-0.2, -0.15) is 0 Å². The van der Waals surface area contributed by atoms with Gasteiger partial charge >= 0.3 is 11.9 Å². The van der Waals surface area contributed by atoms with E-state index in [2.05, 4.69) is 9.72 Å². The minimum Gasteiger partial charge on any atom is -0.469 e. The number of fused-ring (bicyclic) bond motifs is 1. The molecule has 122 valence electrons. The summed E-state index contributed by atoms with van der Waals surface area (Å²) in [5, 5.41) is 0.794. The first-order valence-corrected chi connectivity index (χ1v) is 7.44. The van der Waals surface area contributed by atoms with Crippen LogP contribution in [-0.2, 0) is 20.7 Å². The second-order valence-electron chi connectivity index (χ2n) is 5.05. The van der Waals surface area contributed by atoms with E-state index < -0.39 is 5.97 Å². The lowest BCUT2D eigenvalue weighted by Crippen LogP contribution is -2.08. The van der Waals surface area contributed by atoms with E-state index in [0.29, 0.717) is 24.1 Å². The lowest BCUT2D eigenvalue weighted by atomic mass is 10.0. The third-order valence-electron chi connectivity index (χ3n) is 3.58. The minimum atomic E-state index is -0.440. The number of aryl methyl sites for hydroxylation is 1. The molecule has 6 nitrogen and oxygen atoms in total. The summed E-state index contributed by atoms with van der Waals surface area (Å²) >= 11 is 0. The van der Waals surface area contributed by atoms with E-state index in [9.17, 15) is 14.4 Å². The van der Waals surface area contributed by atoms with E-state index >= 15 is 0 Å². The number of nitrogens with one attached hydrogen (secondary N) is 1. The predicted octanol–water partition coefficient (Wildman–Crippen LogP) is 2.65. The van der Waals surface area contributed by atoms with Gasteiger partial charge in [-0.25, -0.2) is 4.79 Å². The summed E-state index contributed by atoms with van der Waals surface area (Å²) in [4.78, 5) is 37.4. The van der Waals surface area contributed by atoms with Gasteiger partial charge < -0.3 is 14.5 Å². The monoisotopic (exact) mass is 317 g/mol. The summed E-state index contributed by atoms with van der Waals surface area (Å²) in [5.41, 5.74) is 2.41. The third kappa shape index (κ3) is 3.77. The molecule has 0 aliphatic carbocycles. The summed E-state index contributed by atoms with van der Waals surface area (Å²) in [6, 6.07) is 5.17. The average Bonchev–Trinajstić information content (AvgIpc) is 2.92. The van der Waals surface area contributed by atoms with Gasteiger partial charge in [0.1, 0.15) is 12.0 Å². The van der Waals surface area contributed by atoms with Crippen molar-refractivity contribution in [1.82, 2.24) is 4.98 Å². The first kappa shape index (κ1) is 16.7. The molecule has 1 aromatic heterocycles. The van der Waals surface area contributed by atoms with Crippen molar-refractivity contribution in [3.8, 4) is 0 Å². The molecule has 2 rings (SSSR count). The van der Waals surface area contributed by atoms with Crippen LogP contribution in [0.5, 0.6) is 0 Å². The molecular weight excluding hydrogens is 298 g/mol. The summed E-state index contributed by atoms with van der Waals surface area (Å²) in [7, 11) is 1.34. The van der Waals surface area contributed by atoms with Gasteiger partial charge in [-0.15, -0.1) is 0 Å². The number of ether oxygens (including phenoxy) is 2. The van der Waals surface area contributed by atoms with Crippen LogP contribution in [0.1, 0.15) is 46.2 Å². The molecule has 0 atom stereocenters. The molecule has 0 bridgehead atoms. The smallest absolute Gasteiger partial charge is 0.355 e. The van der Waals surface area contributed by atoms with Crippen molar-refractivity contribution in [3.05, 3.63) is 35.0 Å². The zero-order chi connectivity index (χ0) is 16.8. The molecule has 0 saturated carbocycles. The summed E-state index contributed by atoms with van der Waals surface area (Å²) < 4.78 is 9.70. The highest BCUT2D eigenvalue weighted by Crippen LogP contribution is 2.26. The number of aromatic nitrogens is 1. The van der Waals surface area contributed by atoms with Crippen LogP contribution in [0, 0.1) is 0 Å². The Morgan fingerprint density at radius 1 is 1.30 bits per heavy atom. The van der Waals surface area contributed by atoms with E-state index in [1.54, 1.807) is 25.1 Å².